The quantitative estimate of drug-likeness (QED) is 0.721. The van der Waals surface area contributed by atoms with Gasteiger partial charge in [0, 0.05) is 16.7 Å². The highest BCUT2D eigenvalue weighted by molar-refractivity contribution is 9.10. The number of hydrogen-bond donors (Lipinski definition) is 0. The van der Waals surface area contributed by atoms with Gasteiger partial charge in [0.25, 0.3) is 5.91 Å². The molecule has 0 aromatic heterocycles. The average molecular weight is 395 g/mol. The number of carbonyl (C=O) groups is 2. The normalized spacial score (nSPS) is 12.9. The summed E-state index contributed by atoms with van der Waals surface area (Å²) in [6.07, 6.45) is 0.692. The molecular formula is C17H13BrClNO3. The lowest BCUT2D eigenvalue weighted by molar-refractivity contribution is 0.0600. The van der Waals surface area contributed by atoms with Crippen LogP contribution in [0.25, 0.3) is 0 Å². The zero-order chi connectivity index (χ0) is 16.6. The molecule has 118 valence electrons. The van der Waals surface area contributed by atoms with Crippen LogP contribution in [0.4, 0.5) is 5.69 Å². The fourth-order valence-corrected chi connectivity index (χ4v) is 3.22. The summed E-state index contributed by atoms with van der Waals surface area (Å²) in [6, 6.07) is 10.4. The van der Waals surface area contributed by atoms with Gasteiger partial charge in [0.15, 0.2) is 0 Å². The first kappa shape index (κ1) is 16.0. The summed E-state index contributed by atoms with van der Waals surface area (Å²) in [4.78, 5) is 26.1. The van der Waals surface area contributed by atoms with Gasteiger partial charge in [0.05, 0.1) is 23.3 Å². The van der Waals surface area contributed by atoms with Gasteiger partial charge in [-0.2, -0.15) is 0 Å². The Morgan fingerprint density at radius 1 is 1.22 bits per heavy atom. The van der Waals surface area contributed by atoms with Crippen molar-refractivity contribution < 1.29 is 14.3 Å². The Hall–Kier alpha value is -1.85. The SMILES string of the molecule is COC(=O)c1ccc2c(c1)CCN2C(=O)c1cc(Br)ccc1Cl. The topological polar surface area (TPSA) is 46.6 Å². The molecule has 23 heavy (non-hydrogen) atoms. The van der Waals surface area contributed by atoms with Crippen LogP contribution in [0.5, 0.6) is 0 Å². The third-order valence-electron chi connectivity index (χ3n) is 3.80. The Kier molecular flexibility index (Phi) is 4.41. The second-order valence-corrected chi connectivity index (χ2v) is 6.49. The lowest BCUT2D eigenvalue weighted by atomic mass is 10.1. The third kappa shape index (κ3) is 2.99. The van der Waals surface area contributed by atoms with Crippen molar-refractivity contribution in [1.29, 1.82) is 0 Å². The number of fused-ring (bicyclic) bond motifs is 1. The predicted molar refractivity (Wildman–Crippen MR) is 92.3 cm³/mol. The maximum Gasteiger partial charge on any atom is 0.337 e. The Labute approximate surface area is 147 Å². The smallest absolute Gasteiger partial charge is 0.337 e. The maximum absolute atomic E-state index is 12.8. The number of rotatable bonds is 2. The van der Waals surface area contributed by atoms with Gasteiger partial charge in [0.1, 0.15) is 0 Å². The molecule has 1 aliphatic rings. The van der Waals surface area contributed by atoms with Crippen LogP contribution < -0.4 is 4.90 Å². The average Bonchev–Trinajstić information content (AvgIpc) is 2.98. The Morgan fingerprint density at radius 2 is 2.00 bits per heavy atom. The number of esters is 1. The molecule has 0 N–H and O–H groups in total. The van der Waals surface area contributed by atoms with E-state index in [-0.39, 0.29) is 11.9 Å². The van der Waals surface area contributed by atoms with Gasteiger partial charge in [0.2, 0.25) is 0 Å². The zero-order valence-electron chi connectivity index (χ0n) is 12.3. The Morgan fingerprint density at radius 3 is 2.74 bits per heavy atom. The van der Waals surface area contributed by atoms with Gasteiger partial charge in [-0.3, -0.25) is 4.79 Å². The van der Waals surface area contributed by atoms with E-state index in [9.17, 15) is 9.59 Å². The van der Waals surface area contributed by atoms with Crippen molar-refractivity contribution in [3.8, 4) is 0 Å². The van der Waals surface area contributed by atoms with E-state index >= 15 is 0 Å². The summed E-state index contributed by atoms with van der Waals surface area (Å²) < 4.78 is 5.52. The van der Waals surface area contributed by atoms with Gasteiger partial charge in [-0.15, -0.1) is 0 Å². The van der Waals surface area contributed by atoms with Crippen LogP contribution in [-0.4, -0.2) is 25.5 Å². The van der Waals surface area contributed by atoms with Crippen LogP contribution in [0.3, 0.4) is 0 Å². The fraction of sp³-hybridized carbons (Fsp3) is 0.176. The molecule has 2 aromatic rings. The number of nitrogens with zero attached hydrogens (tertiary/aromatic N) is 1. The second-order valence-electron chi connectivity index (χ2n) is 5.17. The number of methoxy groups -OCH3 is 1. The molecule has 0 saturated carbocycles. The van der Waals surface area contributed by atoms with Gasteiger partial charge in [-0.05, 0) is 48.4 Å². The second kappa shape index (κ2) is 6.34. The van der Waals surface area contributed by atoms with Crippen molar-refractivity contribution in [3.63, 3.8) is 0 Å². The van der Waals surface area contributed by atoms with Crippen molar-refractivity contribution in [3.05, 3.63) is 62.6 Å². The minimum absolute atomic E-state index is 0.152. The summed E-state index contributed by atoms with van der Waals surface area (Å²) in [5.74, 6) is -0.534. The van der Waals surface area contributed by atoms with Gasteiger partial charge < -0.3 is 9.64 Å². The van der Waals surface area contributed by atoms with Gasteiger partial charge >= 0.3 is 5.97 Å². The monoisotopic (exact) mass is 393 g/mol. The molecule has 0 radical (unpaired) electrons. The van der Waals surface area contributed by atoms with Crippen LogP contribution >= 0.6 is 27.5 Å². The van der Waals surface area contributed by atoms with E-state index in [0.29, 0.717) is 29.1 Å². The van der Waals surface area contributed by atoms with E-state index in [4.69, 9.17) is 16.3 Å². The van der Waals surface area contributed by atoms with E-state index in [1.807, 2.05) is 0 Å². The van der Waals surface area contributed by atoms with E-state index in [0.717, 1.165) is 15.7 Å². The van der Waals surface area contributed by atoms with Crippen LogP contribution in [0, 0.1) is 0 Å². The molecule has 0 unspecified atom stereocenters. The van der Waals surface area contributed by atoms with Crippen molar-refractivity contribution >= 4 is 45.1 Å². The highest BCUT2D eigenvalue weighted by Gasteiger charge is 2.27. The number of carbonyl (C=O) groups excluding carboxylic acids is 2. The standard InChI is InChI=1S/C17H13BrClNO3/c1-23-17(22)11-2-5-15-10(8-11)6-7-20(15)16(21)13-9-12(18)3-4-14(13)19/h2-5,8-9H,6-7H2,1H3. The molecular weight excluding hydrogens is 382 g/mol. The van der Waals surface area contributed by atoms with E-state index < -0.39 is 0 Å². The van der Waals surface area contributed by atoms with E-state index in [2.05, 4.69) is 15.9 Å². The van der Waals surface area contributed by atoms with Crippen molar-refractivity contribution in [1.82, 2.24) is 0 Å². The molecule has 3 rings (SSSR count). The van der Waals surface area contributed by atoms with Crippen molar-refractivity contribution in [2.75, 3.05) is 18.6 Å². The number of ether oxygens (including phenoxy) is 1. The number of halogens is 2. The van der Waals surface area contributed by atoms with Crippen molar-refractivity contribution in [2.45, 2.75) is 6.42 Å². The summed E-state index contributed by atoms with van der Waals surface area (Å²) in [5.41, 5.74) is 2.69. The highest BCUT2D eigenvalue weighted by Crippen LogP contribution is 2.32. The number of hydrogen-bond acceptors (Lipinski definition) is 3. The van der Waals surface area contributed by atoms with Crippen LogP contribution in [-0.2, 0) is 11.2 Å². The van der Waals surface area contributed by atoms with E-state index in [1.165, 1.54) is 7.11 Å². The van der Waals surface area contributed by atoms with Crippen LogP contribution in [0.15, 0.2) is 40.9 Å². The van der Waals surface area contributed by atoms with Crippen LogP contribution in [0.2, 0.25) is 5.02 Å². The molecule has 0 atom stereocenters. The Balaban J connectivity index is 1.95. The van der Waals surface area contributed by atoms with Gasteiger partial charge in [-0.25, -0.2) is 4.79 Å². The number of anilines is 1. The molecule has 0 saturated heterocycles. The molecule has 1 heterocycles. The molecule has 0 bridgehead atoms. The first-order valence-corrected chi connectivity index (χ1v) is 8.16. The molecule has 0 spiro atoms. The molecule has 2 aromatic carbocycles. The minimum Gasteiger partial charge on any atom is -0.465 e. The highest BCUT2D eigenvalue weighted by atomic mass is 79.9. The predicted octanol–water partition coefficient (Wildman–Crippen LogP) is 4.09. The molecule has 1 amide bonds. The third-order valence-corrected chi connectivity index (χ3v) is 4.62. The summed E-state index contributed by atoms with van der Waals surface area (Å²) in [6.45, 7) is 0.557. The molecule has 0 fully saturated rings. The Bertz CT molecular complexity index is 806. The van der Waals surface area contributed by atoms with Crippen molar-refractivity contribution in [2.24, 2.45) is 0 Å². The molecule has 0 aliphatic carbocycles. The summed E-state index contributed by atoms with van der Waals surface area (Å²) >= 11 is 9.51. The first-order valence-electron chi connectivity index (χ1n) is 6.99. The first-order chi connectivity index (χ1) is 11.0. The molecule has 1 aliphatic heterocycles. The summed E-state index contributed by atoms with van der Waals surface area (Å²) in [5, 5.41) is 0.415. The molecule has 4 nitrogen and oxygen atoms in total. The van der Waals surface area contributed by atoms with Gasteiger partial charge in [-0.1, -0.05) is 27.5 Å². The van der Waals surface area contributed by atoms with E-state index in [1.54, 1.807) is 41.3 Å². The summed E-state index contributed by atoms with van der Waals surface area (Å²) in [7, 11) is 1.35. The lowest BCUT2D eigenvalue weighted by Crippen LogP contribution is -2.29. The fourth-order valence-electron chi connectivity index (χ4n) is 2.66. The number of benzene rings is 2. The largest absolute Gasteiger partial charge is 0.465 e. The molecule has 6 heteroatoms. The number of amides is 1. The minimum atomic E-state index is -0.382. The zero-order valence-corrected chi connectivity index (χ0v) is 14.6. The lowest BCUT2D eigenvalue weighted by Gasteiger charge is -2.18. The van der Waals surface area contributed by atoms with Crippen LogP contribution in [0.1, 0.15) is 26.3 Å². The maximum atomic E-state index is 12.8.